The number of ketones is 2. The standard InChI is InChI=1S/C27H40O6/c1-14(7-8-21(32)33)15-11-20(31)27(6)23-16(28)12-18-24(2,3)19(30)9-10-25(18,4)22(23)17(29)13-26(15,27)5/h14-16,18,20,28,31H,7-13H2,1-6H3,(H,32,33)/t14-,15-,16+,18+,20+,25+,26-,27+/m1/s1. The number of hydrogen-bond acceptors (Lipinski definition) is 5. The predicted molar refractivity (Wildman–Crippen MR) is 123 cm³/mol. The van der Waals surface area contributed by atoms with Crippen LogP contribution >= 0.6 is 0 Å². The van der Waals surface area contributed by atoms with E-state index >= 15 is 0 Å². The number of carboxylic acid groups (broad SMARTS) is 1. The summed E-state index contributed by atoms with van der Waals surface area (Å²) in [4.78, 5) is 37.9. The summed E-state index contributed by atoms with van der Waals surface area (Å²) in [6.07, 6.45) is 1.18. The van der Waals surface area contributed by atoms with Crippen LogP contribution in [-0.2, 0) is 14.4 Å². The van der Waals surface area contributed by atoms with E-state index in [1.54, 1.807) is 0 Å². The molecule has 2 saturated carbocycles. The molecular formula is C27H40O6. The Morgan fingerprint density at radius 3 is 2.33 bits per heavy atom. The highest BCUT2D eigenvalue weighted by atomic mass is 16.4. The first-order valence-corrected chi connectivity index (χ1v) is 12.5. The minimum absolute atomic E-state index is 0.0167. The van der Waals surface area contributed by atoms with Crippen LogP contribution in [0.5, 0.6) is 0 Å². The molecule has 0 spiro atoms. The third-order valence-corrected chi connectivity index (χ3v) is 10.9. The molecule has 0 amide bonds. The summed E-state index contributed by atoms with van der Waals surface area (Å²) in [5.41, 5.74) is -1.08. The Labute approximate surface area is 196 Å². The Kier molecular flexibility index (Phi) is 5.58. The van der Waals surface area contributed by atoms with Crippen molar-refractivity contribution in [3.05, 3.63) is 11.1 Å². The fraction of sp³-hybridized carbons (Fsp3) is 0.815. The fourth-order valence-corrected chi connectivity index (χ4v) is 8.74. The Morgan fingerprint density at radius 2 is 1.73 bits per heavy atom. The van der Waals surface area contributed by atoms with Gasteiger partial charge >= 0.3 is 5.97 Å². The molecule has 4 aliphatic carbocycles. The quantitative estimate of drug-likeness (QED) is 0.586. The first-order valence-electron chi connectivity index (χ1n) is 12.5. The molecule has 33 heavy (non-hydrogen) atoms. The van der Waals surface area contributed by atoms with Crippen molar-refractivity contribution in [2.75, 3.05) is 0 Å². The van der Waals surface area contributed by atoms with Crippen LogP contribution in [0.2, 0.25) is 0 Å². The highest BCUT2D eigenvalue weighted by molar-refractivity contribution is 6.01. The minimum Gasteiger partial charge on any atom is -0.481 e. The lowest BCUT2D eigenvalue weighted by molar-refractivity contribution is -0.146. The smallest absolute Gasteiger partial charge is 0.303 e. The van der Waals surface area contributed by atoms with E-state index in [2.05, 4.69) is 13.8 Å². The molecule has 2 fully saturated rings. The number of carbonyl (C=O) groups is 3. The Hall–Kier alpha value is -1.53. The fourth-order valence-electron chi connectivity index (χ4n) is 8.74. The van der Waals surface area contributed by atoms with Crippen molar-refractivity contribution in [1.82, 2.24) is 0 Å². The maximum Gasteiger partial charge on any atom is 0.303 e. The Balaban J connectivity index is 1.85. The summed E-state index contributed by atoms with van der Waals surface area (Å²) in [6.45, 7) is 12.1. The van der Waals surface area contributed by atoms with Crippen molar-refractivity contribution in [3.8, 4) is 0 Å². The topological polar surface area (TPSA) is 112 Å². The highest BCUT2D eigenvalue weighted by Crippen LogP contribution is 2.71. The van der Waals surface area contributed by atoms with Gasteiger partial charge in [0.2, 0.25) is 0 Å². The van der Waals surface area contributed by atoms with E-state index in [0.717, 1.165) is 0 Å². The van der Waals surface area contributed by atoms with Gasteiger partial charge in [0.05, 0.1) is 12.2 Å². The zero-order valence-corrected chi connectivity index (χ0v) is 20.9. The zero-order chi connectivity index (χ0) is 24.7. The first-order chi connectivity index (χ1) is 15.1. The maximum absolute atomic E-state index is 13.9. The van der Waals surface area contributed by atoms with Crippen molar-refractivity contribution in [2.24, 2.45) is 39.4 Å². The van der Waals surface area contributed by atoms with Crippen LogP contribution in [0.25, 0.3) is 0 Å². The molecule has 0 aromatic rings. The molecule has 8 atom stereocenters. The number of hydrogen-bond donors (Lipinski definition) is 3. The number of aliphatic hydroxyl groups is 2. The van der Waals surface area contributed by atoms with Crippen molar-refractivity contribution in [2.45, 2.75) is 98.7 Å². The summed E-state index contributed by atoms with van der Waals surface area (Å²) in [5, 5.41) is 32.2. The lowest BCUT2D eigenvalue weighted by atomic mass is 9.42. The van der Waals surface area contributed by atoms with E-state index < -0.39 is 39.8 Å². The SMILES string of the molecule is C[C@H](CCC(=O)O)[C@H]1C[C@H](O)[C@@]2(C)C3=C(C(=O)C[C@]12C)[C@@]1(C)CCC(=O)C(C)(C)[C@@H]1C[C@@H]3O. The van der Waals surface area contributed by atoms with E-state index in [1.807, 2.05) is 27.7 Å². The van der Waals surface area contributed by atoms with Gasteiger partial charge in [0.1, 0.15) is 5.78 Å². The number of aliphatic carboxylic acids is 1. The minimum atomic E-state index is -0.875. The van der Waals surface area contributed by atoms with Crippen LogP contribution < -0.4 is 0 Å². The maximum atomic E-state index is 13.9. The highest BCUT2D eigenvalue weighted by Gasteiger charge is 2.69. The molecule has 6 heteroatoms. The van der Waals surface area contributed by atoms with Crippen LogP contribution in [0.4, 0.5) is 0 Å². The summed E-state index contributed by atoms with van der Waals surface area (Å²) in [6, 6.07) is 0. The lowest BCUT2D eigenvalue weighted by Crippen LogP contribution is -2.60. The third-order valence-electron chi connectivity index (χ3n) is 10.9. The summed E-state index contributed by atoms with van der Waals surface area (Å²) in [7, 11) is 0. The van der Waals surface area contributed by atoms with Gasteiger partial charge in [0, 0.05) is 41.1 Å². The molecule has 4 aliphatic rings. The summed E-state index contributed by atoms with van der Waals surface area (Å²) < 4.78 is 0. The summed E-state index contributed by atoms with van der Waals surface area (Å²) in [5.74, 6) is -0.723. The van der Waals surface area contributed by atoms with Crippen LogP contribution in [-0.4, -0.2) is 45.1 Å². The number of fused-ring (bicyclic) bond motifs is 4. The largest absolute Gasteiger partial charge is 0.481 e. The second-order valence-corrected chi connectivity index (χ2v) is 12.6. The van der Waals surface area contributed by atoms with Gasteiger partial charge in [0.15, 0.2) is 5.78 Å². The van der Waals surface area contributed by atoms with Gasteiger partial charge in [-0.05, 0) is 54.4 Å². The van der Waals surface area contributed by atoms with Crippen molar-refractivity contribution in [3.63, 3.8) is 0 Å². The normalized spacial score (nSPS) is 45.3. The van der Waals surface area contributed by atoms with Crippen molar-refractivity contribution in [1.29, 1.82) is 0 Å². The Morgan fingerprint density at radius 1 is 1.09 bits per heavy atom. The van der Waals surface area contributed by atoms with Gasteiger partial charge in [-0.2, -0.15) is 0 Å². The third kappa shape index (κ3) is 3.09. The number of allylic oxidation sites excluding steroid dienone is 1. The number of rotatable bonds is 4. The molecule has 0 radical (unpaired) electrons. The van der Waals surface area contributed by atoms with Gasteiger partial charge in [-0.3, -0.25) is 14.4 Å². The van der Waals surface area contributed by atoms with Gasteiger partial charge < -0.3 is 15.3 Å². The van der Waals surface area contributed by atoms with Crippen molar-refractivity contribution >= 4 is 17.5 Å². The Bertz CT molecular complexity index is 933. The molecule has 0 aromatic heterocycles. The first kappa shape index (κ1) is 24.6. The second kappa shape index (κ2) is 7.48. The van der Waals surface area contributed by atoms with E-state index in [4.69, 9.17) is 5.11 Å². The van der Waals surface area contributed by atoms with Gasteiger partial charge in [-0.1, -0.05) is 41.5 Å². The van der Waals surface area contributed by atoms with E-state index in [-0.39, 0.29) is 42.2 Å². The average molecular weight is 461 g/mol. The number of carboxylic acids is 1. The van der Waals surface area contributed by atoms with Gasteiger partial charge in [-0.15, -0.1) is 0 Å². The molecule has 3 N–H and O–H groups in total. The number of Topliss-reactive ketones (excluding diaryl/α,β-unsaturated/α-hetero) is 2. The average Bonchev–Trinajstić information content (AvgIpc) is 2.92. The molecule has 0 heterocycles. The number of carbonyl (C=O) groups excluding carboxylic acids is 2. The molecule has 0 bridgehead atoms. The van der Waals surface area contributed by atoms with Crippen LogP contribution in [0.3, 0.4) is 0 Å². The molecule has 4 rings (SSSR count). The van der Waals surface area contributed by atoms with Crippen molar-refractivity contribution < 1.29 is 29.7 Å². The van der Waals surface area contributed by atoms with E-state index in [1.165, 1.54) is 0 Å². The zero-order valence-electron chi connectivity index (χ0n) is 20.9. The molecule has 6 nitrogen and oxygen atoms in total. The van der Waals surface area contributed by atoms with Gasteiger partial charge in [-0.25, -0.2) is 0 Å². The lowest BCUT2D eigenvalue weighted by Gasteiger charge is -2.61. The second-order valence-electron chi connectivity index (χ2n) is 12.6. The van der Waals surface area contributed by atoms with E-state index in [9.17, 15) is 24.6 Å². The molecule has 0 aromatic carbocycles. The van der Waals surface area contributed by atoms with Crippen LogP contribution in [0, 0.1) is 39.4 Å². The monoisotopic (exact) mass is 460 g/mol. The van der Waals surface area contributed by atoms with E-state index in [0.29, 0.717) is 43.3 Å². The molecule has 184 valence electrons. The summed E-state index contributed by atoms with van der Waals surface area (Å²) >= 11 is 0. The molecule has 0 unspecified atom stereocenters. The van der Waals surface area contributed by atoms with Crippen LogP contribution in [0.1, 0.15) is 86.5 Å². The van der Waals surface area contributed by atoms with Crippen LogP contribution in [0.15, 0.2) is 11.1 Å². The molecule has 0 aliphatic heterocycles. The molecule has 0 saturated heterocycles. The number of aliphatic hydroxyl groups excluding tert-OH is 2. The van der Waals surface area contributed by atoms with Gasteiger partial charge in [0.25, 0.3) is 0 Å². The predicted octanol–water partition coefficient (Wildman–Crippen LogP) is 3.93. The molecular weight excluding hydrogens is 420 g/mol.